The highest BCUT2D eigenvalue weighted by Gasteiger charge is 2.05. The first-order valence-corrected chi connectivity index (χ1v) is 7.27. The van der Waals surface area contributed by atoms with Gasteiger partial charge in [-0.3, -0.25) is 4.90 Å². The van der Waals surface area contributed by atoms with Crippen LogP contribution in [0, 0.1) is 0 Å². The molecule has 0 saturated heterocycles. The molecule has 0 saturated carbocycles. The Bertz CT molecular complexity index is 595. The first-order valence-electron chi connectivity index (χ1n) is 6.08. The van der Waals surface area contributed by atoms with Crippen molar-refractivity contribution in [1.29, 1.82) is 0 Å². The standard InChI is InChI=1S/C14H16ClN3OS/c1-18(9-12-6-7-13(15)20-12)8-10-2-4-11(5-3-10)14(16)17-19/h2-7,19H,8-9H2,1H3,(H2,16,17). The molecule has 2 aromatic rings. The number of hydrogen-bond donors (Lipinski definition) is 2. The number of amidine groups is 1. The van der Waals surface area contributed by atoms with Crippen molar-refractivity contribution in [3.63, 3.8) is 0 Å². The monoisotopic (exact) mass is 309 g/mol. The molecule has 2 rings (SSSR count). The molecule has 0 amide bonds. The zero-order chi connectivity index (χ0) is 14.5. The normalized spacial score (nSPS) is 12.1. The summed E-state index contributed by atoms with van der Waals surface area (Å²) in [7, 11) is 2.06. The second kappa shape index (κ2) is 6.74. The van der Waals surface area contributed by atoms with Crippen LogP contribution in [-0.2, 0) is 13.1 Å². The van der Waals surface area contributed by atoms with E-state index in [1.54, 1.807) is 11.3 Å². The lowest BCUT2D eigenvalue weighted by atomic mass is 10.1. The molecule has 4 nitrogen and oxygen atoms in total. The highest BCUT2D eigenvalue weighted by molar-refractivity contribution is 7.16. The second-order valence-electron chi connectivity index (χ2n) is 4.56. The van der Waals surface area contributed by atoms with E-state index in [2.05, 4.69) is 17.1 Å². The van der Waals surface area contributed by atoms with Gasteiger partial charge in [-0.15, -0.1) is 11.3 Å². The molecule has 20 heavy (non-hydrogen) atoms. The molecule has 1 aromatic carbocycles. The van der Waals surface area contributed by atoms with Crippen LogP contribution < -0.4 is 5.73 Å². The van der Waals surface area contributed by atoms with E-state index >= 15 is 0 Å². The second-order valence-corrected chi connectivity index (χ2v) is 6.36. The van der Waals surface area contributed by atoms with E-state index in [4.69, 9.17) is 22.5 Å². The fourth-order valence-corrected chi connectivity index (χ4v) is 3.08. The van der Waals surface area contributed by atoms with Crippen molar-refractivity contribution in [1.82, 2.24) is 4.90 Å². The Kier molecular flexibility index (Phi) is 5.00. The summed E-state index contributed by atoms with van der Waals surface area (Å²) in [4.78, 5) is 3.45. The number of halogens is 1. The van der Waals surface area contributed by atoms with Crippen molar-refractivity contribution in [3.8, 4) is 0 Å². The smallest absolute Gasteiger partial charge is 0.170 e. The van der Waals surface area contributed by atoms with Gasteiger partial charge in [-0.2, -0.15) is 0 Å². The van der Waals surface area contributed by atoms with Gasteiger partial charge in [0.2, 0.25) is 0 Å². The third-order valence-corrected chi connectivity index (χ3v) is 4.08. The van der Waals surface area contributed by atoms with E-state index < -0.39 is 0 Å². The summed E-state index contributed by atoms with van der Waals surface area (Å²) in [5.74, 6) is 0.123. The largest absolute Gasteiger partial charge is 0.409 e. The molecule has 3 N–H and O–H groups in total. The van der Waals surface area contributed by atoms with Gasteiger partial charge in [-0.05, 0) is 24.7 Å². The lowest BCUT2D eigenvalue weighted by Gasteiger charge is -2.15. The summed E-state index contributed by atoms with van der Waals surface area (Å²) in [5.41, 5.74) is 7.41. The van der Waals surface area contributed by atoms with Gasteiger partial charge in [0.05, 0.1) is 4.34 Å². The summed E-state index contributed by atoms with van der Waals surface area (Å²) in [6.45, 7) is 1.69. The number of thiophene rings is 1. The van der Waals surface area contributed by atoms with Gasteiger partial charge in [-0.1, -0.05) is 41.0 Å². The number of oxime groups is 1. The van der Waals surface area contributed by atoms with Crippen LogP contribution in [0.1, 0.15) is 16.0 Å². The lowest BCUT2D eigenvalue weighted by molar-refractivity contribution is 0.318. The van der Waals surface area contributed by atoms with E-state index in [1.165, 1.54) is 10.4 Å². The van der Waals surface area contributed by atoms with Crippen molar-refractivity contribution in [3.05, 3.63) is 56.7 Å². The average molecular weight is 310 g/mol. The van der Waals surface area contributed by atoms with E-state index in [0.717, 1.165) is 17.4 Å². The minimum atomic E-state index is 0.123. The Morgan fingerprint density at radius 3 is 2.50 bits per heavy atom. The predicted molar refractivity (Wildman–Crippen MR) is 83.5 cm³/mol. The van der Waals surface area contributed by atoms with Crippen molar-refractivity contribution in [2.75, 3.05) is 7.05 Å². The summed E-state index contributed by atoms with van der Waals surface area (Å²) in [5, 5.41) is 11.6. The van der Waals surface area contributed by atoms with Crippen LogP contribution in [0.25, 0.3) is 0 Å². The van der Waals surface area contributed by atoms with Crippen LogP contribution >= 0.6 is 22.9 Å². The van der Waals surface area contributed by atoms with E-state index in [9.17, 15) is 0 Å². The molecule has 1 aromatic heterocycles. The maximum atomic E-state index is 8.61. The van der Waals surface area contributed by atoms with Crippen molar-refractivity contribution < 1.29 is 5.21 Å². The van der Waals surface area contributed by atoms with Crippen LogP contribution in [0.2, 0.25) is 4.34 Å². The first-order chi connectivity index (χ1) is 9.58. The van der Waals surface area contributed by atoms with Gasteiger partial charge in [0, 0.05) is 23.5 Å². The number of rotatable bonds is 5. The van der Waals surface area contributed by atoms with E-state index in [1.807, 2.05) is 36.4 Å². The number of hydrogen-bond acceptors (Lipinski definition) is 4. The van der Waals surface area contributed by atoms with Crippen molar-refractivity contribution >= 4 is 28.8 Å². The van der Waals surface area contributed by atoms with E-state index in [-0.39, 0.29) is 5.84 Å². The third-order valence-electron chi connectivity index (χ3n) is 2.86. The summed E-state index contributed by atoms with van der Waals surface area (Å²) >= 11 is 7.52. The van der Waals surface area contributed by atoms with Crippen LogP contribution in [0.5, 0.6) is 0 Å². The first kappa shape index (κ1) is 14.8. The van der Waals surface area contributed by atoms with Crippen molar-refractivity contribution in [2.24, 2.45) is 10.9 Å². The highest BCUT2D eigenvalue weighted by atomic mass is 35.5. The van der Waals surface area contributed by atoms with Crippen molar-refractivity contribution in [2.45, 2.75) is 13.1 Å². The number of benzene rings is 1. The van der Waals surface area contributed by atoms with Crippen LogP contribution in [0.15, 0.2) is 41.6 Å². The molecule has 0 aliphatic carbocycles. The summed E-state index contributed by atoms with van der Waals surface area (Å²) in [6.07, 6.45) is 0. The zero-order valence-corrected chi connectivity index (χ0v) is 12.7. The minimum Gasteiger partial charge on any atom is -0.409 e. The summed E-state index contributed by atoms with van der Waals surface area (Å²) in [6, 6.07) is 11.6. The quantitative estimate of drug-likeness (QED) is 0.386. The van der Waals surface area contributed by atoms with Crippen LogP contribution in [0.4, 0.5) is 0 Å². The maximum absolute atomic E-state index is 8.61. The maximum Gasteiger partial charge on any atom is 0.170 e. The molecule has 0 bridgehead atoms. The highest BCUT2D eigenvalue weighted by Crippen LogP contribution is 2.22. The molecule has 106 valence electrons. The van der Waals surface area contributed by atoms with Gasteiger partial charge in [0.15, 0.2) is 5.84 Å². The number of nitrogens with zero attached hydrogens (tertiary/aromatic N) is 2. The topological polar surface area (TPSA) is 61.8 Å². The molecule has 0 unspecified atom stereocenters. The molecule has 0 radical (unpaired) electrons. The van der Waals surface area contributed by atoms with Gasteiger partial charge < -0.3 is 10.9 Å². The molecular weight excluding hydrogens is 294 g/mol. The molecule has 0 aliphatic heterocycles. The van der Waals surface area contributed by atoms with Gasteiger partial charge in [0.1, 0.15) is 0 Å². The Hall–Kier alpha value is -1.56. The van der Waals surface area contributed by atoms with E-state index in [0.29, 0.717) is 5.56 Å². The lowest BCUT2D eigenvalue weighted by Crippen LogP contribution is -2.17. The number of nitrogens with two attached hydrogens (primary N) is 1. The molecule has 0 fully saturated rings. The molecule has 0 aliphatic rings. The fraction of sp³-hybridized carbons (Fsp3) is 0.214. The predicted octanol–water partition coefficient (Wildman–Crippen LogP) is 3.13. The fourth-order valence-electron chi connectivity index (χ4n) is 1.91. The summed E-state index contributed by atoms with van der Waals surface area (Å²) < 4.78 is 0.816. The van der Waals surface area contributed by atoms with Gasteiger partial charge >= 0.3 is 0 Å². The molecule has 6 heteroatoms. The van der Waals surface area contributed by atoms with Gasteiger partial charge in [-0.25, -0.2) is 0 Å². The molecular formula is C14H16ClN3OS. The Balaban J connectivity index is 1.95. The van der Waals surface area contributed by atoms with Crippen LogP contribution in [0.3, 0.4) is 0 Å². The average Bonchev–Trinajstić information content (AvgIpc) is 2.84. The zero-order valence-electron chi connectivity index (χ0n) is 11.1. The Morgan fingerprint density at radius 1 is 1.25 bits per heavy atom. The molecule has 0 spiro atoms. The van der Waals surface area contributed by atoms with Crippen LogP contribution in [-0.4, -0.2) is 23.0 Å². The van der Waals surface area contributed by atoms with Gasteiger partial charge in [0.25, 0.3) is 0 Å². The minimum absolute atomic E-state index is 0.123. The third kappa shape index (κ3) is 3.96. The Morgan fingerprint density at radius 2 is 1.95 bits per heavy atom. The molecule has 0 atom stereocenters. The Labute approximate surface area is 127 Å². The SMILES string of the molecule is CN(Cc1ccc(C(N)=NO)cc1)Cc1ccc(Cl)s1. The molecule has 1 heterocycles.